The van der Waals surface area contributed by atoms with Gasteiger partial charge in [0.05, 0.1) is 16.7 Å². The second-order valence-corrected chi connectivity index (χ2v) is 5.59. The van der Waals surface area contributed by atoms with E-state index >= 15 is 0 Å². The summed E-state index contributed by atoms with van der Waals surface area (Å²) in [5.41, 5.74) is -0.522. The summed E-state index contributed by atoms with van der Waals surface area (Å²) < 4.78 is 1.48. The Morgan fingerprint density at radius 3 is 2.75 bits per heavy atom. The lowest BCUT2D eigenvalue weighted by Crippen LogP contribution is -2.34. The second-order valence-electron chi connectivity index (χ2n) is 5.59. The largest absolute Gasteiger partial charge is 0.390 e. The molecule has 0 spiro atoms. The first-order valence-corrected chi connectivity index (χ1v) is 6.62. The quantitative estimate of drug-likeness (QED) is 0.654. The first-order valence-electron chi connectivity index (χ1n) is 6.62. The van der Waals surface area contributed by atoms with E-state index in [2.05, 4.69) is 0 Å². The maximum Gasteiger partial charge on any atom is 0.287 e. The molecule has 1 unspecified atom stereocenters. The lowest BCUT2D eigenvalue weighted by Gasteiger charge is -2.22. The zero-order chi connectivity index (χ0) is 14.9. The molecule has 1 atom stereocenters. The number of hydrogen-bond donors (Lipinski definition) is 1. The Hall–Kier alpha value is -1.89. The number of amides is 1. The van der Waals surface area contributed by atoms with Crippen molar-refractivity contribution in [3.05, 3.63) is 28.1 Å². The molecule has 2 rings (SSSR count). The van der Waals surface area contributed by atoms with Crippen LogP contribution in [-0.4, -0.2) is 44.1 Å². The molecule has 1 aliphatic heterocycles. The Balaban J connectivity index is 2.17. The molecular formula is C13H19N3O4. The third-order valence-electron chi connectivity index (χ3n) is 3.77. The molecule has 1 N–H and O–H groups in total. The monoisotopic (exact) mass is 281 g/mol. The maximum absolute atomic E-state index is 12.4. The predicted octanol–water partition coefficient (Wildman–Crippen LogP) is 1.31. The molecule has 0 aromatic carbocycles. The fraction of sp³-hybridized carbons (Fsp3) is 0.615. The number of nitrogens with zero attached hydrogens (tertiary/aromatic N) is 3. The van der Waals surface area contributed by atoms with Gasteiger partial charge in [-0.05, 0) is 26.2 Å². The number of nitro groups is 1. The topological polar surface area (TPSA) is 88.6 Å². The molecule has 2 heterocycles. The van der Waals surface area contributed by atoms with Gasteiger partial charge in [0.25, 0.3) is 11.6 Å². The molecule has 0 radical (unpaired) electrons. The van der Waals surface area contributed by atoms with Gasteiger partial charge < -0.3 is 14.6 Å². The Labute approximate surface area is 116 Å². The average Bonchev–Trinajstić information content (AvgIpc) is 2.65. The van der Waals surface area contributed by atoms with E-state index in [0.29, 0.717) is 31.6 Å². The Kier molecular flexibility index (Phi) is 3.80. The highest BCUT2D eigenvalue weighted by molar-refractivity contribution is 5.93. The van der Waals surface area contributed by atoms with Crippen molar-refractivity contribution < 1.29 is 14.8 Å². The van der Waals surface area contributed by atoms with Crippen LogP contribution in [0.4, 0.5) is 5.69 Å². The molecule has 0 aliphatic carbocycles. The standard InChI is InChI=1S/C13H19N3O4/c1-13(18)4-3-6-15(7-5-13)12(17)11-8-10(16(19)20)9-14(11)2/h8-9,18H,3-7H2,1-2H3. The van der Waals surface area contributed by atoms with Crippen molar-refractivity contribution in [1.29, 1.82) is 0 Å². The van der Waals surface area contributed by atoms with E-state index in [1.807, 2.05) is 0 Å². The van der Waals surface area contributed by atoms with Gasteiger partial charge in [0, 0.05) is 26.2 Å². The molecule has 110 valence electrons. The van der Waals surface area contributed by atoms with Crippen LogP contribution in [-0.2, 0) is 7.05 Å². The van der Waals surface area contributed by atoms with Crippen molar-refractivity contribution in [3.8, 4) is 0 Å². The summed E-state index contributed by atoms with van der Waals surface area (Å²) in [6.07, 6.45) is 3.24. The summed E-state index contributed by atoms with van der Waals surface area (Å²) >= 11 is 0. The van der Waals surface area contributed by atoms with E-state index in [9.17, 15) is 20.0 Å². The number of aromatic nitrogens is 1. The molecule has 0 bridgehead atoms. The van der Waals surface area contributed by atoms with Crippen molar-refractivity contribution in [1.82, 2.24) is 9.47 Å². The Morgan fingerprint density at radius 1 is 1.45 bits per heavy atom. The maximum atomic E-state index is 12.4. The molecule has 7 nitrogen and oxygen atoms in total. The number of carbonyl (C=O) groups is 1. The van der Waals surface area contributed by atoms with Crippen LogP contribution in [0, 0.1) is 10.1 Å². The normalized spacial score (nSPS) is 23.4. The van der Waals surface area contributed by atoms with Crippen LogP contribution < -0.4 is 0 Å². The van der Waals surface area contributed by atoms with Gasteiger partial charge in [-0.1, -0.05) is 0 Å². The zero-order valence-corrected chi connectivity index (χ0v) is 11.7. The van der Waals surface area contributed by atoms with Crippen molar-refractivity contribution in [2.24, 2.45) is 7.05 Å². The first kappa shape index (κ1) is 14.5. The summed E-state index contributed by atoms with van der Waals surface area (Å²) in [6, 6.07) is 1.30. The molecule has 1 amide bonds. The molecule has 1 aromatic rings. The number of aliphatic hydroxyl groups is 1. The summed E-state index contributed by atoms with van der Waals surface area (Å²) in [5.74, 6) is -0.224. The lowest BCUT2D eigenvalue weighted by atomic mass is 9.98. The van der Waals surface area contributed by atoms with Crippen LogP contribution >= 0.6 is 0 Å². The van der Waals surface area contributed by atoms with E-state index in [1.54, 1.807) is 18.9 Å². The van der Waals surface area contributed by atoms with E-state index in [0.717, 1.165) is 6.42 Å². The van der Waals surface area contributed by atoms with Crippen molar-refractivity contribution in [3.63, 3.8) is 0 Å². The van der Waals surface area contributed by atoms with Crippen LogP contribution in [0.5, 0.6) is 0 Å². The fourth-order valence-corrected chi connectivity index (χ4v) is 2.49. The molecular weight excluding hydrogens is 262 g/mol. The number of likely N-dealkylation sites (tertiary alicyclic amines) is 1. The van der Waals surface area contributed by atoms with Gasteiger partial charge in [-0.3, -0.25) is 14.9 Å². The van der Waals surface area contributed by atoms with Crippen LogP contribution in [0.3, 0.4) is 0 Å². The molecule has 1 fully saturated rings. The van der Waals surface area contributed by atoms with Crippen LogP contribution in [0.25, 0.3) is 0 Å². The fourth-order valence-electron chi connectivity index (χ4n) is 2.49. The summed E-state index contributed by atoms with van der Waals surface area (Å²) in [4.78, 5) is 24.3. The molecule has 1 saturated heterocycles. The lowest BCUT2D eigenvalue weighted by molar-refractivity contribution is -0.384. The van der Waals surface area contributed by atoms with Gasteiger partial charge in [0.1, 0.15) is 5.69 Å². The SMILES string of the molecule is Cn1cc([N+](=O)[O-])cc1C(=O)N1CCCC(C)(O)CC1. The minimum atomic E-state index is -0.741. The molecule has 1 aromatic heterocycles. The minimum Gasteiger partial charge on any atom is -0.390 e. The molecule has 7 heteroatoms. The van der Waals surface area contributed by atoms with Gasteiger partial charge >= 0.3 is 0 Å². The first-order chi connectivity index (χ1) is 9.30. The van der Waals surface area contributed by atoms with Gasteiger partial charge in [-0.2, -0.15) is 0 Å². The third-order valence-corrected chi connectivity index (χ3v) is 3.77. The number of aryl methyl sites for hydroxylation is 1. The van der Waals surface area contributed by atoms with Crippen molar-refractivity contribution in [2.45, 2.75) is 31.8 Å². The van der Waals surface area contributed by atoms with Crippen LogP contribution in [0.1, 0.15) is 36.7 Å². The van der Waals surface area contributed by atoms with Crippen molar-refractivity contribution in [2.75, 3.05) is 13.1 Å². The Morgan fingerprint density at radius 2 is 2.15 bits per heavy atom. The molecule has 20 heavy (non-hydrogen) atoms. The van der Waals surface area contributed by atoms with E-state index in [4.69, 9.17) is 0 Å². The highest BCUT2D eigenvalue weighted by Gasteiger charge is 2.29. The average molecular weight is 281 g/mol. The third kappa shape index (κ3) is 2.98. The Bertz CT molecular complexity index is 536. The summed E-state index contributed by atoms with van der Waals surface area (Å²) in [6.45, 7) is 2.80. The van der Waals surface area contributed by atoms with E-state index in [-0.39, 0.29) is 11.6 Å². The van der Waals surface area contributed by atoms with Crippen LogP contribution in [0.2, 0.25) is 0 Å². The highest BCUT2D eigenvalue weighted by atomic mass is 16.6. The second kappa shape index (κ2) is 5.24. The van der Waals surface area contributed by atoms with Gasteiger partial charge in [0.2, 0.25) is 0 Å². The van der Waals surface area contributed by atoms with Crippen molar-refractivity contribution >= 4 is 11.6 Å². The molecule has 0 saturated carbocycles. The van der Waals surface area contributed by atoms with Gasteiger partial charge in [0.15, 0.2) is 0 Å². The van der Waals surface area contributed by atoms with E-state index in [1.165, 1.54) is 16.8 Å². The highest BCUT2D eigenvalue weighted by Crippen LogP contribution is 2.23. The smallest absolute Gasteiger partial charge is 0.287 e. The number of rotatable bonds is 2. The number of hydrogen-bond acceptors (Lipinski definition) is 4. The molecule has 1 aliphatic rings. The predicted molar refractivity (Wildman–Crippen MR) is 72.4 cm³/mol. The zero-order valence-electron chi connectivity index (χ0n) is 11.7. The van der Waals surface area contributed by atoms with Gasteiger partial charge in [-0.15, -0.1) is 0 Å². The summed E-state index contributed by atoms with van der Waals surface area (Å²) in [7, 11) is 1.62. The van der Waals surface area contributed by atoms with Gasteiger partial charge in [-0.25, -0.2) is 0 Å². The number of carbonyl (C=O) groups excluding carboxylic acids is 1. The van der Waals surface area contributed by atoms with E-state index < -0.39 is 10.5 Å². The van der Waals surface area contributed by atoms with Crippen LogP contribution in [0.15, 0.2) is 12.3 Å². The summed E-state index contributed by atoms with van der Waals surface area (Å²) in [5, 5.41) is 20.8. The minimum absolute atomic E-state index is 0.0855.